The third-order valence-corrected chi connectivity index (χ3v) is 8.33. The van der Waals surface area contributed by atoms with Gasteiger partial charge in [0.2, 0.25) is 0 Å². The highest BCUT2D eigenvalue weighted by atomic mass is 19.3. The van der Waals surface area contributed by atoms with E-state index in [4.69, 9.17) is 9.47 Å². The fourth-order valence-electron chi connectivity index (χ4n) is 6.40. The number of para-hydroxylation sites is 1. The van der Waals surface area contributed by atoms with Crippen molar-refractivity contribution in [1.82, 2.24) is 14.4 Å². The van der Waals surface area contributed by atoms with Crippen molar-refractivity contribution in [3.05, 3.63) is 70.4 Å². The van der Waals surface area contributed by atoms with Crippen LogP contribution in [0.15, 0.2) is 36.4 Å². The molecule has 0 radical (unpaired) electrons. The summed E-state index contributed by atoms with van der Waals surface area (Å²) in [6.07, 6.45) is -5.23. The summed E-state index contributed by atoms with van der Waals surface area (Å²) in [5, 5.41) is 11.7. The molecule has 1 aromatic heterocycles. The quantitative estimate of drug-likeness (QED) is 0.295. The number of benzene rings is 2. The molecule has 0 saturated carbocycles. The lowest BCUT2D eigenvalue weighted by Gasteiger charge is -2.42. The van der Waals surface area contributed by atoms with Crippen LogP contribution in [0.1, 0.15) is 83.0 Å². The van der Waals surface area contributed by atoms with Crippen LogP contribution in [-0.2, 0) is 15.9 Å². The first-order chi connectivity index (χ1) is 21.4. The molecule has 12 heteroatoms. The molecule has 0 bridgehead atoms. The number of rotatable bonds is 5. The van der Waals surface area contributed by atoms with Gasteiger partial charge in [0, 0.05) is 36.0 Å². The Bertz CT molecular complexity index is 1610. The molecule has 1 fully saturated rings. The van der Waals surface area contributed by atoms with E-state index in [-0.39, 0.29) is 30.8 Å². The average Bonchev–Trinajstić information content (AvgIpc) is 3.20. The Morgan fingerprint density at radius 3 is 2.09 bits per heavy atom. The molecule has 8 nitrogen and oxygen atoms in total. The highest BCUT2D eigenvalue weighted by molar-refractivity contribution is 5.94. The van der Waals surface area contributed by atoms with Gasteiger partial charge in [0.25, 0.3) is 6.43 Å². The van der Waals surface area contributed by atoms with Gasteiger partial charge in [-0.15, -0.1) is 0 Å². The highest BCUT2D eigenvalue weighted by Gasteiger charge is 2.44. The summed E-state index contributed by atoms with van der Waals surface area (Å²) in [5.41, 5.74) is -0.968. The SMILES string of the molecule is C[C@@H]1Cc2c(n(C(=O)OC(C)(C)C)c3ccccc23)[C@@H](c2c(F)cc([C@@H](O)C3CN(C(=O)OC(C)(C)C)C3)cc2F)N1CC(F)F. The number of hydrogen-bond donors (Lipinski definition) is 1. The molecule has 2 aliphatic rings. The minimum atomic E-state index is -2.83. The van der Waals surface area contributed by atoms with Gasteiger partial charge < -0.3 is 19.5 Å². The topological polar surface area (TPSA) is 84.2 Å². The van der Waals surface area contributed by atoms with Gasteiger partial charge in [-0.25, -0.2) is 31.7 Å². The number of amides is 1. The van der Waals surface area contributed by atoms with Gasteiger partial charge in [-0.05, 0) is 84.2 Å². The number of nitrogens with zero attached hydrogens (tertiary/aromatic N) is 3. The van der Waals surface area contributed by atoms with Crippen molar-refractivity contribution in [2.75, 3.05) is 19.6 Å². The highest BCUT2D eigenvalue weighted by Crippen LogP contribution is 2.45. The van der Waals surface area contributed by atoms with E-state index in [9.17, 15) is 23.5 Å². The van der Waals surface area contributed by atoms with Crippen LogP contribution in [0.25, 0.3) is 10.9 Å². The fourth-order valence-corrected chi connectivity index (χ4v) is 6.40. The lowest BCUT2D eigenvalue weighted by atomic mass is 9.85. The molecule has 0 unspecified atom stereocenters. The van der Waals surface area contributed by atoms with E-state index < -0.39 is 77.7 Å². The van der Waals surface area contributed by atoms with Crippen LogP contribution in [0.5, 0.6) is 0 Å². The van der Waals surface area contributed by atoms with Crippen LogP contribution >= 0.6 is 0 Å². The molecule has 2 aromatic carbocycles. The van der Waals surface area contributed by atoms with Crippen LogP contribution in [-0.4, -0.2) is 75.0 Å². The number of carbonyl (C=O) groups is 2. The third-order valence-electron chi connectivity index (χ3n) is 8.33. The molecule has 0 aliphatic carbocycles. The summed E-state index contributed by atoms with van der Waals surface area (Å²) < 4.78 is 72.8. The monoisotopic (exact) mass is 647 g/mol. The Balaban J connectivity index is 1.58. The van der Waals surface area contributed by atoms with Gasteiger partial charge in [-0.2, -0.15) is 0 Å². The fraction of sp³-hybridized carbons (Fsp3) is 0.529. The maximum absolute atomic E-state index is 16.2. The zero-order valence-corrected chi connectivity index (χ0v) is 27.1. The summed E-state index contributed by atoms with van der Waals surface area (Å²) in [6, 6.07) is 6.97. The van der Waals surface area contributed by atoms with Crippen LogP contribution in [0.4, 0.5) is 27.2 Å². The first-order valence-electron chi connectivity index (χ1n) is 15.4. The minimum absolute atomic E-state index is 0.0511. The van der Waals surface area contributed by atoms with Crippen molar-refractivity contribution in [1.29, 1.82) is 0 Å². The molecule has 3 aromatic rings. The zero-order chi connectivity index (χ0) is 33.9. The van der Waals surface area contributed by atoms with E-state index in [2.05, 4.69) is 0 Å². The molecule has 5 rings (SSSR count). The Hall–Kier alpha value is -3.64. The van der Waals surface area contributed by atoms with Crippen molar-refractivity contribution in [3.63, 3.8) is 0 Å². The maximum atomic E-state index is 16.2. The van der Waals surface area contributed by atoms with Crippen LogP contribution in [0, 0.1) is 17.6 Å². The average molecular weight is 648 g/mol. The molecular formula is C34H41F4N3O5. The molecule has 250 valence electrons. The number of aromatic nitrogens is 1. The summed E-state index contributed by atoms with van der Waals surface area (Å²) in [7, 11) is 0. The number of aliphatic hydroxyl groups is 1. The van der Waals surface area contributed by atoms with E-state index in [1.807, 2.05) is 0 Å². The van der Waals surface area contributed by atoms with Gasteiger partial charge in [0.1, 0.15) is 22.8 Å². The van der Waals surface area contributed by atoms with Crippen LogP contribution < -0.4 is 0 Å². The van der Waals surface area contributed by atoms with Crippen molar-refractivity contribution < 1.29 is 41.7 Å². The summed E-state index contributed by atoms with van der Waals surface area (Å²) in [5.74, 6) is -2.60. The molecular weight excluding hydrogens is 606 g/mol. The largest absolute Gasteiger partial charge is 0.444 e. The molecule has 46 heavy (non-hydrogen) atoms. The van der Waals surface area contributed by atoms with E-state index >= 15 is 8.78 Å². The Morgan fingerprint density at radius 1 is 0.957 bits per heavy atom. The standard InChI is InChI=1S/C34H41F4N3O5/c1-18-12-22-21-10-8-9-11-25(21)41(32(44)46-34(5,6)7)28(22)29(40(18)17-26(37)38)27-23(35)13-19(14-24(27)36)30(42)20-15-39(16-20)31(43)45-33(2,3)4/h8-11,13-14,18,20,26,29-30,42H,12,15-17H2,1-7H3/t18-,29-,30-/m1/s1. The van der Waals surface area contributed by atoms with Gasteiger partial charge in [-0.3, -0.25) is 4.90 Å². The lowest BCUT2D eigenvalue weighted by Crippen LogP contribution is -2.53. The normalized spacial score (nSPS) is 20.1. The predicted octanol–water partition coefficient (Wildman–Crippen LogP) is 7.20. The van der Waals surface area contributed by atoms with Crippen LogP contribution in [0.2, 0.25) is 0 Å². The van der Waals surface area contributed by atoms with Crippen molar-refractivity contribution >= 4 is 23.1 Å². The lowest BCUT2D eigenvalue weighted by molar-refractivity contribution is -0.0316. The minimum Gasteiger partial charge on any atom is -0.444 e. The zero-order valence-electron chi connectivity index (χ0n) is 27.1. The van der Waals surface area contributed by atoms with E-state index in [1.165, 1.54) is 14.4 Å². The second-order valence-electron chi connectivity index (χ2n) is 14.2. The second-order valence-corrected chi connectivity index (χ2v) is 14.2. The number of aliphatic hydroxyl groups excluding tert-OH is 1. The summed E-state index contributed by atoms with van der Waals surface area (Å²) in [6.45, 7) is 11.4. The summed E-state index contributed by atoms with van der Waals surface area (Å²) in [4.78, 5) is 28.7. The van der Waals surface area contributed by atoms with Crippen molar-refractivity contribution in [2.24, 2.45) is 5.92 Å². The molecule has 0 spiro atoms. The number of likely N-dealkylation sites (tertiary alicyclic amines) is 1. The molecule has 1 amide bonds. The number of fused-ring (bicyclic) bond motifs is 3. The Labute approximate surface area is 265 Å². The number of alkyl halides is 2. The number of hydrogen-bond acceptors (Lipinski definition) is 6. The molecule has 3 heterocycles. The van der Waals surface area contributed by atoms with Gasteiger partial charge in [0.05, 0.1) is 29.9 Å². The van der Waals surface area contributed by atoms with Crippen molar-refractivity contribution in [2.45, 2.75) is 90.7 Å². The van der Waals surface area contributed by atoms with E-state index in [1.54, 1.807) is 72.7 Å². The van der Waals surface area contributed by atoms with E-state index in [0.717, 1.165) is 12.1 Å². The number of carbonyl (C=O) groups excluding carboxylic acids is 2. The van der Waals surface area contributed by atoms with Gasteiger partial charge >= 0.3 is 12.2 Å². The Morgan fingerprint density at radius 2 is 1.52 bits per heavy atom. The molecule has 1 N–H and O–H groups in total. The van der Waals surface area contributed by atoms with Crippen molar-refractivity contribution in [3.8, 4) is 0 Å². The molecule has 1 saturated heterocycles. The van der Waals surface area contributed by atoms with Crippen LogP contribution in [0.3, 0.4) is 0 Å². The first kappa shape index (κ1) is 33.7. The second kappa shape index (κ2) is 12.2. The van der Waals surface area contributed by atoms with Gasteiger partial charge in [0.15, 0.2) is 0 Å². The third kappa shape index (κ3) is 6.60. The Kier molecular flexibility index (Phi) is 8.93. The van der Waals surface area contributed by atoms with Gasteiger partial charge in [-0.1, -0.05) is 18.2 Å². The molecule has 2 aliphatic heterocycles. The smallest absolute Gasteiger partial charge is 0.419 e. The number of ether oxygens (including phenoxy) is 2. The maximum Gasteiger partial charge on any atom is 0.419 e. The first-order valence-corrected chi connectivity index (χ1v) is 15.4. The predicted molar refractivity (Wildman–Crippen MR) is 164 cm³/mol. The van der Waals surface area contributed by atoms with E-state index in [0.29, 0.717) is 16.5 Å². The summed E-state index contributed by atoms with van der Waals surface area (Å²) >= 11 is 0. The molecule has 3 atom stereocenters. The number of halogens is 4.